The Morgan fingerprint density at radius 1 is 1.37 bits per heavy atom. The van der Waals surface area contributed by atoms with Gasteiger partial charge < -0.3 is 10.4 Å². The summed E-state index contributed by atoms with van der Waals surface area (Å²) in [6, 6.07) is 6.61. The maximum Gasteiger partial charge on any atom is 0.233 e. The Morgan fingerprint density at radius 2 is 2.13 bits per heavy atom. The van der Waals surface area contributed by atoms with E-state index >= 15 is 0 Å². The van der Waals surface area contributed by atoms with E-state index < -0.39 is 15.8 Å². The number of amides is 1. The van der Waals surface area contributed by atoms with Crippen LogP contribution in [0.2, 0.25) is 0 Å². The first-order valence-corrected chi connectivity index (χ1v) is 11.8. The SMILES string of the molecule is Cc1cc(C(C[C@H]2CCC(=O)C2)C(=O)Nc2ccn(CCO)n2)ccc1S(C)(=O)=O. The molecule has 1 aliphatic carbocycles. The molecule has 0 saturated heterocycles. The van der Waals surface area contributed by atoms with Gasteiger partial charge >= 0.3 is 0 Å². The molecule has 9 heteroatoms. The number of sulfone groups is 1. The van der Waals surface area contributed by atoms with Crippen molar-refractivity contribution in [1.82, 2.24) is 9.78 Å². The Bertz CT molecular complexity index is 1040. The Labute approximate surface area is 176 Å². The number of aliphatic hydroxyl groups is 1. The van der Waals surface area contributed by atoms with Crippen molar-refractivity contribution < 1.29 is 23.1 Å². The number of hydrogen-bond acceptors (Lipinski definition) is 6. The summed E-state index contributed by atoms with van der Waals surface area (Å²) in [7, 11) is -3.36. The third-order valence-corrected chi connectivity index (χ3v) is 6.71. The Balaban J connectivity index is 1.86. The Morgan fingerprint density at radius 3 is 2.73 bits per heavy atom. The van der Waals surface area contributed by atoms with Gasteiger partial charge in [0.25, 0.3) is 0 Å². The summed E-state index contributed by atoms with van der Waals surface area (Å²) >= 11 is 0. The van der Waals surface area contributed by atoms with Crippen LogP contribution in [0.1, 0.15) is 42.7 Å². The molecule has 8 nitrogen and oxygen atoms in total. The number of aromatic nitrogens is 2. The molecular formula is C21H27N3O5S. The number of nitrogens with one attached hydrogen (secondary N) is 1. The molecule has 0 radical (unpaired) electrons. The lowest BCUT2D eigenvalue weighted by atomic mass is 9.86. The van der Waals surface area contributed by atoms with Crippen molar-refractivity contribution in [3.8, 4) is 0 Å². The highest BCUT2D eigenvalue weighted by atomic mass is 32.2. The number of Topliss-reactive ketones (excluding diaryl/α,β-unsaturated/α-hetero) is 1. The number of anilines is 1. The van der Waals surface area contributed by atoms with E-state index in [-0.39, 0.29) is 29.1 Å². The van der Waals surface area contributed by atoms with Gasteiger partial charge in [-0.05, 0) is 42.9 Å². The zero-order chi connectivity index (χ0) is 21.9. The molecule has 1 heterocycles. The van der Waals surface area contributed by atoms with Crippen LogP contribution in [-0.2, 0) is 26.0 Å². The number of nitrogens with zero attached hydrogens (tertiary/aromatic N) is 2. The van der Waals surface area contributed by atoms with Gasteiger partial charge in [0.15, 0.2) is 15.7 Å². The average molecular weight is 434 g/mol. The van der Waals surface area contributed by atoms with E-state index in [0.29, 0.717) is 42.8 Å². The van der Waals surface area contributed by atoms with E-state index in [1.807, 2.05) is 0 Å². The van der Waals surface area contributed by atoms with Gasteiger partial charge in [-0.3, -0.25) is 14.3 Å². The molecule has 1 fully saturated rings. The number of rotatable bonds is 8. The van der Waals surface area contributed by atoms with Crippen LogP contribution in [0.25, 0.3) is 0 Å². The van der Waals surface area contributed by atoms with Crippen molar-refractivity contribution in [2.45, 2.75) is 50.0 Å². The molecule has 2 aromatic rings. The summed E-state index contributed by atoms with van der Waals surface area (Å²) in [5.41, 5.74) is 1.30. The van der Waals surface area contributed by atoms with Gasteiger partial charge in [-0.25, -0.2) is 8.42 Å². The second-order valence-corrected chi connectivity index (χ2v) is 9.89. The smallest absolute Gasteiger partial charge is 0.233 e. The van der Waals surface area contributed by atoms with Gasteiger partial charge in [0.1, 0.15) is 5.78 Å². The summed E-state index contributed by atoms with van der Waals surface area (Å²) in [4.78, 5) is 25.1. The number of aryl methyl sites for hydroxylation is 1. The van der Waals surface area contributed by atoms with Gasteiger partial charge in [-0.15, -0.1) is 0 Å². The summed E-state index contributed by atoms with van der Waals surface area (Å²) in [6.07, 6.45) is 5.10. The average Bonchev–Trinajstić information content (AvgIpc) is 3.27. The fraction of sp³-hybridized carbons (Fsp3) is 0.476. The van der Waals surface area contributed by atoms with E-state index in [9.17, 15) is 18.0 Å². The lowest BCUT2D eigenvalue weighted by Gasteiger charge is -2.21. The number of hydrogen-bond donors (Lipinski definition) is 2. The van der Waals surface area contributed by atoms with Gasteiger partial charge in [0, 0.05) is 31.4 Å². The van der Waals surface area contributed by atoms with Crippen LogP contribution in [0, 0.1) is 12.8 Å². The van der Waals surface area contributed by atoms with Crippen LogP contribution in [-0.4, -0.2) is 47.9 Å². The lowest BCUT2D eigenvalue weighted by Crippen LogP contribution is -2.24. The summed E-state index contributed by atoms with van der Waals surface area (Å²) in [5, 5.41) is 16.0. The molecule has 1 aromatic heterocycles. The molecule has 1 saturated carbocycles. The van der Waals surface area contributed by atoms with Crippen molar-refractivity contribution >= 4 is 27.3 Å². The molecular weight excluding hydrogens is 406 g/mol. The topological polar surface area (TPSA) is 118 Å². The minimum absolute atomic E-state index is 0.0562. The van der Waals surface area contributed by atoms with Crippen molar-refractivity contribution in [3.63, 3.8) is 0 Å². The minimum atomic E-state index is -3.36. The van der Waals surface area contributed by atoms with Crippen molar-refractivity contribution in [2.24, 2.45) is 5.92 Å². The van der Waals surface area contributed by atoms with Gasteiger partial charge in [-0.2, -0.15) is 5.10 Å². The van der Waals surface area contributed by atoms with Crippen LogP contribution in [0.15, 0.2) is 35.4 Å². The maximum absolute atomic E-state index is 13.1. The molecule has 2 N–H and O–H groups in total. The number of carbonyl (C=O) groups is 2. The second kappa shape index (κ2) is 9.09. The fourth-order valence-corrected chi connectivity index (χ4v) is 4.95. The molecule has 1 aliphatic rings. The normalized spacial score (nSPS) is 17.8. The zero-order valence-electron chi connectivity index (χ0n) is 17.2. The Kier molecular flexibility index (Phi) is 6.72. The van der Waals surface area contributed by atoms with Crippen molar-refractivity contribution in [2.75, 3.05) is 18.2 Å². The highest BCUT2D eigenvalue weighted by Crippen LogP contribution is 2.34. The van der Waals surface area contributed by atoms with E-state index in [4.69, 9.17) is 5.11 Å². The quantitative estimate of drug-likeness (QED) is 0.658. The molecule has 0 bridgehead atoms. The fourth-order valence-electron chi connectivity index (χ4n) is 3.99. The van der Waals surface area contributed by atoms with Gasteiger partial charge in [-0.1, -0.05) is 12.1 Å². The molecule has 162 valence electrons. The third-order valence-electron chi connectivity index (χ3n) is 5.46. The molecule has 1 unspecified atom stereocenters. The number of carbonyl (C=O) groups excluding carboxylic acids is 2. The summed E-state index contributed by atoms with van der Waals surface area (Å²) in [5.74, 6) is -0.0719. The number of benzene rings is 1. The van der Waals surface area contributed by atoms with Crippen LogP contribution in [0.3, 0.4) is 0 Å². The van der Waals surface area contributed by atoms with Gasteiger partial charge in [0.05, 0.1) is 24.0 Å². The van der Waals surface area contributed by atoms with E-state index in [0.717, 1.165) is 12.7 Å². The predicted octanol–water partition coefficient (Wildman–Crippen LogP) is 2.07. The molecule has 0 aliphatic heterocycles. The summed E-state index contributed by atoms with van der Waals surface area (Å²) < 4.78 is 25.4. The number of ketones is 1. The third kappa shape index (κ3) is 5.34. The first kappa shape index (κ1) is 22.2. The van der Waals surface area contributed by atoms with Crippen molar-refractivity contribution in [1.29, 1.82) is 0 Å². The first-order chi connectivity index (χ1) is 14.2. The molecule has 1 aromatic carbocycles. The van der Waals surface area contributed by atoms with E-state index in [1.165, 1.54) is 10.7 Å². The molecule has 3 rings (SSSR count). The highest BCUT2D eigenvalue weighted by molar-refractivity contribution is 7.90. The van der Waals surface area contributed by atoms with Crippen molar-refractivity contribution in [3.05, 3.63) is 41.6 Å². The zero-order valence-corrected chi connectivity index (χ0v) is 18.0. The lowest BCUT2D eigenvalue weighted by molar-refractivity contribution is -0.119. The monoisotopic (exact) mass is 433 g/mol. The van der Waals surface area contributed by atoms with E-state index in [1.54, 1.807) is 31.3 Å². The number of aliphatic hydroxyl groups excluding tert-OH is 1. The molecule has 0 spiro atoms. The Hall–Kier alpha value is -2.52. The molecule has 30 heavy (non-hydrogen) atoms. The molecule has 2 atom stereocenters. The van der Waals surface area contributed by atoms with E-state index in [2.05, 4.69) is 10.4 Å². The maximum atomic E-state index is 13.1. The molecule has 1 amide bonds. The highest BCUT2D eigenvalue weighted by Gasteiger charge is 2.30. The van der Waals surface area contributed by atoms with Crippen LogP contribution >= 0.6 is 0 Å². The van der Waals surface area contributed by atoms with Crippen LogP contribution in [0.4, 0.5) is 5.82 Å². The van der Waals surface area contributed by atoms with Crippen LogP contribution in [0.5, 0.6) is 0 Å². The van der Waals surface area contributed by atoms with Crippen LogP contribution < -0.4 is 5.32 Å². The minimum Gasteiger partial charge on any atom is -0.394 e. The largest absolute Gasteiger partial charge is 0.394 e. The second-order valence-electron chi connectivity index (χ2n) is 7.91. The van der Waals surface area contributed by atoms with Gasteiger partial charge in [0.2, 0.25) is 5.91 Å². The standard InChI is InChI=1S/C21H27N3O5S/c1-14-11-16(4-6-19(14)30(2,28)29)18(13-15-3-5-17(26)12-15)21(27)22-20-7-8-24(23-20)9-10-25/h4,6-8,11,15,18,25H,3,5,9-10,12-13H2,1-2H3,(H,22,23,27)/t15-,18?/m0/s1. The first-order valence-electron chi connectivity index (χ1n) is 9.95. The predicted molar refractivity (Wildman–Crippen MR) is 112 cm³/mol. The summed E-state index contributed by atoms with van der Waals surface area (Å²) in [6.45, 7) is 1.99.